The van der Waals surface area contributed by atoms with Crippen LogP contribution in [-0.4, -0.2) is 15.7 Å². The van der Waals surface area contributed by atoms with E-state index < -0.39 is 0 Å². The Balaban J connectivity index is 1.70. The van der Waals surface area contributed by atoms with E-state index in [0.717, 1.165) is 51.0 Å². The fraction of sp³-hybridized carbons (Fsp3) is 0. The molecule has 0 amide bonds. The smallest absolute Gasteiger partial charge is 0.145 e. The van der Waals surface area contributed by atoms with Gasteiger partial charge in [0.25, 0.3) is 0 Å². The Hall–Kier alpha value is -4.24. The quantitative estimate of drug-likeness (QED) is 0.248. The Morgan fingerprint density at radius 2 is 1.35 bits per heavy atom. The van der Waals surface area contributed by atoms with E-state index in [1.54, 1.807) is 6.08 Å². The summed E-state index contributed by atoms with van der Waals surface area (Å²) in [7, 11) is 0. The Kier molecular flexibility index (Phi) is 4.99. The first-order chi connectivity index (χ1) is 15.3. The summed E-state index contributed by atoms with van der Waals surface area (Å²) in [6.07, 6.45) is 8.31. The molecule has 0 N–H and O–H groups in total. The van der Waals surface area contributed by atoms with Gasteiger partial charge in [-0.2, -0.15) is 0 Å². The predicted octanol–water partition coefficient (Wildman–Crippen LogP) is 6.55. The molecule has 0 bridgehead atoms. The van der Waals surface area contributed by atoms with Crippen LogP contribution in [0.2, 0.25) is 0 Å². The summed E-state index contributed by atoms with van der Waals surface area (Å²) in [5.74, 6) is 0. The molecule has 0 saturated carbocycles. The van der Waals surface area contributed by atoms with Gasteiger partial charge in [-0.3, -0.25) is 4.79 Å². The normalized spacial score (nSPS) is 11.2. The van der Waals surface area contributed by atoms with Crippen LogP contribution in [0.4, 0.5) is 0 Å². The van der Waals surface area contributed by atoms with Crippen molar-refractivity contribution in [3.8, 4) is 33.5 Å². The third-order valence-corrected chi connectivity index (χ3v) is 5.32. The summed E-state index contributed by atoms with van der Waals surface area (Å²) in [6, 6.07) is 31.0. The average molecular weight is 400 g/mol. The van der Waals surface area contributed by atoms with Crippen molar-refractivity contribution < 1.29 is 4.79 Å². The molecule has 0 radical (unpaired) electrons. The Morgan fingerprint density at radius 1 is 0.677 bits per heavy atom. The maximum Gasteiger partial charge on any atom is 0.145 e. The standard InChI is InChI=1S/C28H20N2O/c31-17-7-8-21-13-15-23(16-14-21)26-18-25(22-9-3-1-4-10-22)19-30-20-27(29-28(26)30)24-11-5-2-6-12-24/h1-20H. The number of hydrogen-bond acceptors (Lipinski definition) is 2. The molecule has 31 heavy (non-hydrogen) atoms. The number of aromatic nitrogens is 2. The summed E-state index contributed by atoms with van der Waals surface area (Å²) in [5.41, 5.74) is 8.36. The summed E-state index contributed by atoms with van der Waals surface area (Å²) in [4.78, 5) is 15.6. The molecule has 0 spiro atoms. The molecule has 5 rings (SSSR count). The molecule has 2 aromatic heterocycles. The second-order valence-corrected chi connectivity index (χ2v) is 7.35. The highest BCUT2D eigenvalue weighted by atomic mass is 16.1. The van der Waals surface area contributed by atoms with Crippen LogP contribution in [0, 0.1) is 0 Å². The van der Waals surface area contributed by atoms with E-state index in [1.807, 2.05) is 36.4 Å². The largest absolute Gasteiger partial charge is 0.305 e. The molecule has 0 aliphatic carbocycles. The highest BCUT2D eigenvalue weighted by Gasteiger charge is 2.12. The molecule has 5 aromatic rings. The van der Waals surface area contributed by atoms with Crippen LogP contribution < -0.4 is 0 Å². The number of nitrogens with zero attached hydrogens (tertiary/aromatic N) is 2. The first-order valence-electron chi connectivity index (χ1n) is 10.2. The van der Waals surface area contributed by atoms with Crippen LogP contribution in [0.15, 0.2) is 109 Å². The maximum absolute atomic E-state index is 10.6. The van der Waals surface area contributed by atoms with Gasteiger partial charge in [0.15, 0.2) is 0 Å². The van der Waals surface area contributed by atoms with Crippen molar-refractivity contribution in [1.29, 1.82) is 0 Å². The van der Waals surface area contributed by atoms with E-state index in [4.69, 9.17) is 4.98 Å². The van der Waals surface area contributed by atoms with Gasteiger partial charge in [0.05, 0.1) is 5.69 Å². The minimum absolute atomic E-state index is 0.788. The number of pyridine rings is 1. The van der Waals surface area contributed by atoms with E-state index in [-0.39, 0.29) is 0 Å². The zero-order chi connectivity index (χ0) is 21.0. The van der Waals surface area contributed by atoms with Crippen LogP contribution in [0.3, 0.4) is 0 Å². The van der Waals surface area contributed by atoms with Crippen molar-refractivity contribution in [2.75, 3.05) is 0 Å². The molecule has 0 aliphatic rings. The number of carbonyl (C=O) groups is 1. The van der Waals surface area contributed by atoms with Crippen LogP contribution in [0.25, 0.3) is 45.2 Å². The number of rotatable bonds is 5. The number of fused-ring (bicyclic) bond motifs is 1. The lowest BCUT2D eigenvalue weighted by Gasteiger charge is -2.09. The van der Waals surface area contributed by atoms with E-state index in [1.165, 1.54) is 6.08 Å². The third-order valence-electron chi connectivity index (χ3n) is 5.32. The number of hydrogen-bond donors (Lipinski definition) is 0. The van der Waals surface area contributed by atoms with Crippen molar-refractivity contribution in [1.82, 2.24) is 9.38 Å². The van der Waals surface area contributed by atoms with Gasteiger partial charge in [0, 0.05) is 23.5 Å². The molecule has 3 nitrogen and oxygen atoms in total. The van der Waals surface area contributed by atoms with Gasteiger partial charge >= 0.3 is 0 Å². The van der Waals surface area contributed by atoms with Crippen LogP contribution in [0.5, 0.6) is 0 Å². The first-order valence-corrected chi connectivity index (χ1v) is 10.2. The summed E-state index contributed by atoms with van der Waals surface area (Å²) in [5, 5.41) is 0. The molecular weight excluding hydrogens is 380 g/mol. The lowest BCUT2D eigenvalue weighted by atomic mass is 10.0. The number of benzene rings is 3. The van der Waals surface area contributed by atoms with Crippen molar-refractivity contribution in [3.05, 3.63) is 115 Å². The Bertz CT molecular complexity index is 1370. The second kappa shape index (κ2) is 8.25. The zero-order valence-electron chi connectivity index (χ0n) is 16.8. The first kappa shape index (κ1) is 18.8. The van der Waals surface area contributed by atoms with Gasteiger partial charge in [-0.1, -0.05) is 91.0 Å². The van der Waals surface area contributed by atoms with E-state index in [9.17, 15) is 4.79 Å². The zero-order valence-corrected chi connectivity index (χ0v) is 16.8. The van der Waals surface area contributed by atoms with E-state index >= 15 is 0 Å². The van der Waals surface area contributed by atoms with Crippen molar-refractivity contribution in [2.45, 2.75) is 0 Å². The van der Waals surface area contributed by atoms with Gasteiger partial charge in [0.1, 0.15) is 11.9 Å². The summed E-state index contributed by atoms with van der Waals surface area (Å²) in [6.45, 7) is 0. The molecule has 3 heteroatoms. The number of allylic oxidation sites excluding steroid dienone is 1. The number of carbonyl (C=O) groups excluding carboxylic acids is 1. The highest BCUT2D eigenvalue weighted by molar-refractivity contribution is 5.84. The third kappa shape index (κ3) is 3.81. The lowest BCUT2D eigenvalue weighted by molar-refractivity contribution is -0.104. The SMILES string of the molecule is O=CC=Cc1ccc(-c2cc(-c3ccccc3)cn3cc(-c4ccccc4)nc23)cc1. The van der Waals surface area contributed by atoms with Gasteiger partial charge < -0.3 is 4.40 Å². The average Bonchev–Trinajstić information content (AvgIpc) is 3.28. The van der Waals surface area contributed by atoms with Crippen molar-refractivity contribution in [2.24, 2.45) is 0 Å². The molecule has 0 saturated heterocycles. The fourth-order valence-electron chi connectivity index (χ4n) is 3.77. The number of aldehydes is 1. The monoisotopic (exact) mass is 400 g/mol. The van der Waals surface area contributed by atoms with Crippen molar-refractivity contribution in [3.63, 3.8) is 0 Å². The highest BCUT2D eigenvalue weighted by Crippen LogP contribution is 2.32. The molecule has 0 atom stereocenters. The second-order valence-electron chi connectivity index (χ2n) is 7.35. The van der Waals surface area contributed by atoms with Crippen LogP contribution in [0.1, 0.15) is 5.56 Å². The molecule has 0 unspecified atom stereocenters. The van der Waals surface area contributed by atoms with E-state index in [0.29, 0.717) is 0 Å². The molecule has 148 valence electrons. The molecule has 2 heterocycles. The maximum atomic E-state index is 10.6. The number of imidazole rings is 1. The molecule has 3 aromatic carbocycles. The van der Waals surface area contributed by atoms with Gasteiger partial charge in [-0.15, -0.1) is 0 Å². The minimum atomic E-state index is 0.788. The molecular formula is C28H20N2O. The van der Waals surface area contributed by atoms with Crippen molar-refractivity contribution >= 4 is 18.0 Å². The van der Waals surface area contributed by atoms with Crippen LogP contribution >= 0.6 is 0 Å². The molecule has 0 fully saturated rings. The van der Waals surface area contributed by atoms with Gasteiger partial charge in [-0.05, 0) is 34.4 Å². The Labute approximate surface area is 181 Å². The predicted molar refractivity (Wildman–Crippen MR) is 127 cm³/mol. The van der Waals surface area contributed by atoms with E-state index in [2.05, 4.69) is 71.4 Å². The van der Waals surface area contributed by atoms with Gasteiger partial charge in [0.2, 0.25) is 0 Å². The minimum Gasteiger partial charge on any atom is -0.305 e. The van der Waals surface area contributed by atoms with Gasteiger partial charge in [-0.25, -0.2) is 4.98 Å². The lowest BCUT2D eigenvalue weighted by Crippen LogP contribution is -1.91. The summed E-state index contributed by atoms with van der Waals surface area (Å²) < 4.78 is 2.11. The van der Waals surface area contributed by atoms with Crippen LogP contribution in [-0.2, 0) is 4.79 Å². The Morgan fingerprint density at radius 3 is 2.03 bits per heavy atom. The molecule has 0 aliphatic heterocycles. The topological polar surface area (TPSA) is 34.4 Å². The fourth-order valence-corrected chi connectivity index (χ4v) is 3.77. The summed E-state index contributed by atoms with van der Waals surface area (Å²) >= 11 is 0.